The minimum absolute atomic E-state index is 0.0249. The summed E-state index contributed by atoms with van der Waals surface area (Å²) >= 11 is 12.6. The molecule has 0 unspecified atom stereocenters. The lowest BCUT2D eigenvalue weighted by atomic mass is 10.1. The molecule has 1 aliphatic carbocycles. The van der Waals surface area contributed by atoms with Crippen molar-refractivity contribution in [2.45, 2.75) is 65.1 Å². The van der Waals surface area contributed by atoms with Gasteiger partial charge in [0.05, 0.1) is 17.6 Å². The van der Waals surface area contributed by atoms with Crippen LogP contribution in [0.25, 0.3) is 11.0 Å². The molecular formula is C24H27Cl2N3O. The van der Waals surface area contributed by atoms with Gasteiger partial charge in [-0.15, -0.1) is 0 Å². The molecule has 6 heteroatoms. The van der Waals surface area contributed by atoms with Gasteiger partial charge in [0.2, 0.25) is 0 Å². The number of carbonyl (C=O) groups excluding carboxylic acids is 1. The molecule has 0 atom stereocenters. The number of aryl methyl sites for hydroxylation is 2. The Kier molecular flexibility index (Phi) is 6.35. The average Bonchev–Trinajstić information content (AvgIpc) is 3.37. The first kappa shape index (κ1) is 21.2. The van der Waals surface area contributed by atoms with E-state index in [0.717, 1.165) is 61.1 Å². The predicted octanol–water partition coefficient (Wildman–Crippen LogP) is 6.65. The van der Waals surface area contributed by atoms with Crippen LogP contribution in [0.5, 0.6) is 0 Å². The Hall–Kier alpha value is -2.04. The molecule has 2 aromatic carbocycles. The van der Waals surface area contributed by atoms with E-state index in [2.05, 4.69) is 11.5 Å². The minimum atomic E-state index is 0.0249. The molecule has 158 valence electrons. The lowest BCUT2D eigenvalue weighted by molar-refractivity contribution is 0.0656. The topological polar surface area (TPSA) is 38.1 Å². The normalized spacial score (nSPS) is 14.5. The van der Waals surface area contributed by atoms with Crippen LogP contribution in [0.2, 0.25) is 10.0 Å². The van der Waals surface area contributed by atoms with Gasteiger partial charge in [0.15, 0.2) is 0 Å². The van der Waals surface area contributed by atoms with Crippen molar-refractivity contribution in [3.63, 3.8) is 0 Å². The number of rotatable bonds is 6. The summed E-state index contributed by atoms with van der Waals surface area (Å²) in [5.74, 6) is 0.935. The minimum Gasteiger partial charge on any atom is -0.328 e. The number of fused-ring (bicyclic) bond motifs is 1. The SMILES string of the molecule is CCCn1c(CN(C(=O)c2ccc(C)c(Cl)c2)C2CCCC2)nc2ccc(Cl)cc21. The van der Waals surface area contributed by atoms with Gasteiger partial charge in [-0.1, -0.05) is 49.0 Å². The fourth-order valence-corrected chi connectivity index (χ4v) is 4.71. The van der Waals surface area contributed by atoms with Gasteiger partial charge < -0.3 is 9.47 Å². The highest BCUT2D eigenvalue weighted by Gasteiger charge is 2.29. The van der Waals surface area contributed by atoms with Crippen LogP contribution in [-0.2, 0) is 13.1 Å². The highest BCUT2D eigenvalue weighted by Crippen LogP contribution is 2.29. The van der Waals surface area contributed by atoms with Crippen LogP contribution >= 0.6 is 23.2 Å². The molecule has 30 heavy (non-hydrogen) atoms. The van der Waals surface area contributed by atoms with Crippen molar-refractivity contribution in [3.8, 4) is 0 Å². The molecule has 1 aliphatic rings. The van der Waals surface area contributed by atoms with Crippen LogP contribution in [-0.4, -0.2) is 26.4 Å². The number of carbonyl (C=O) groups is 1. The second kappa shape index (κ2) is 8.99. The summed E-state index contributed by atoms with van der Waals surface area (Å²) < 4.78 is 2.21. The summed E-state index contributed by atoms with van der Waals surface area (Å²) in [7, 11) is 0. The number of nitrogens with zero attached hydrogens (tertiary/aromatic N) is 3. The molecule has 1 amide bonds. The number of aromatic nitrogens is 2. The third-order valence-electron chi connectivity index (χ3n) is 5.99. The zero-order chi connectivity index (χ0) is 21.3. The molecule has 0 radical (unpaired) electrons. The van der Waals surface area contributed by atoms with Crippen LogP contribution in [0.4, 0.5) is 0 Å². The van der Waals surface area contributed by atoms with Gasteiger partial charge in [-0.05, 0) is 62.1 Å². The predicted molar refractivity (Wildman–Crippen MR) is 123 cm³/mol. The van der Waals surface area contributed by atoms with E-state index in [1.165, 1.54) is 0 Å². The summed E-state index contributed by atoms with van der Waals surface area (Å²) in [6.07, 6.45) is 5.36. The Morgan fingerprint density at radius 2 is 1.93 bits per heavy atom. The van der Waals surface area contributed by atoms with Gasteiger partial charge in [0, 0.05) is 28.2 Å². The lowest BCUT2D eigenvalue weighted by Crippen LogP contribution is -2.39. The van der Waals surface area contributed by atoms with Crippen LogP contribution in [0.3, 0.4) is 0 Å². The van der Waals surface area contributed by atoms with Crippen molar-refractivity contribution in [1.29, 1.82) is 0 Å². The molecule has 0 bridgehead atoms. The largest absolute Gasteiger partial charge is 0.328 e. The molecule has 0 saturated heterocycles. The van der Waals surface area contributed by atoms with E-state index < -0.39 is 0 Å². The fraction of sp³-hybridized carbons (Fsp3) is 0.417. The molecule has 1 heterocycles. The Morgan fingerprint density at radius 1 is 1.17 bits per heavy atom. The summed E-state index contributed by atoms with van der Waals surface area (Å²) in [4.78, 5) is 20.4. The molecule has 1 saturated carbocycles. The molecule has 4 rings (SSSR count). The Labute approximate surface area is 187 Å². The number of benzene rings is 2. The maximum Gasteiger partial charge on any atom is 0.254 e. The molecule has 4 nitrogen and oxygen atoms in total. The van der Waals surface area contributed by atoms with Crippen molar-refractivity contribution in [2.24, 2.45) is 0 Å². The summed E-state index contributed by atoms with van der Waals surface area (Å²) in [5.41, 5.74) is 3.55. The van der Waals surface area contributed by atoms with E-state index in [4.69, 9.17) is 28.2 Å². The number of halogens is 2. The first-order valence-electron chi connectivity index (χ1n) is 10.7. The molecule has 0 spiro atoms. The number of hydrogen-bond acceptors (Lipinski definition) is 2. The van der Waals surface area contributed by atoms with Gasteiger partial charge in [0.25, 0.3) is 5.91 Å². The summed E-state index contributed by atoms with van der Waals surface area (Å²) in [5, 5.41) is 1.32. The second-order valence-corrected chi connectivity index (χ2v) is 8.99. The number of hydrogen-bond donors (Lipinski definition) is 0. The van der Waals surface area contributed by atoms with Crippen LogP contribution in [0, 0.1) is 6.92 Å². The van der Waals surface area contributed by atoms with Crippen LogP contribution in [0.1, 0.15) is 60.8 Å². The first-order chi connectivity index (χ1) is 14.5. The maximum atomic E-state index is 13.5. The van der Waals surface area contributed by atoms with Crippen LogP contribution < -0.4 is 0 Å². The first-order valence-corrected chi connectivity index (χ1v) is 11.4. The van der Waals surface area contributed by atoms with Crippen molar-refractivity contribution >= 4 is 40.1 Å². The van der Waals surface area contributed by atoms with Gasteiger partial charge in [0.1, 0.15) is 5.82 Å². The molecule has 0 N–H and O–H groups in total. The van der Waals surface area contributed by atoms with Crippen molar-refractivity contribution < 1.29 is 4.79 Å². The van der Waals surface area contributed by atoms with Gasteiger partial charge in [-0.2, -0.15) is 0 Å². The van der Waals surface area contributed by atoms with E-state index in [9.17, 15) is 4.79 Å². The molecule has 3 aromatic rings. The van der Waals surface area contributed by atoms with E-state index in [0.29, 0.717) is 22.2 Å². The standard InChI is InChI=1S/C24H27Cl2N3O/c1-3-12-28-22-14-18(25)10-11-21(22)27-23(28)15-29(19-6-4-5-7-19)24(30)17-9-8-16(2)20(26)13-17/h8-11,13-14,19H,3-7,12,15H2,1-2H3. The third kappa shape index (κ3) is 4.21. The number of imidazole rings is 1. The van der Waals surface area contributed by atoms with E-state index in [1.807, 2.05) is 42.2 Å². The quantitative estimate of drug-likeness (QED) is 0.427. The smallest absolute Gasteiger partial charge is 0.254 e. The van der Waals surface area contributed by atoms with Gasteiger partial charge in [-0.25, -0.2) is 4.98 Å². The highest BCUT2D eigenvalue weighted by molar-refractivity contribution is 6.31. The lowest BCUT2D eigenvalue weighted by Gasteiger charge is -2.29. The third-order valence-corrected chi connectivity index (χ3v) is 6.64. The van der Waals surface area contributed by atoms with Gasteiger partial charge >= 0.3 is 0 Å². The van der Waals surface area contributed by atoms with Crippen molar-refractivity contribution in [2.75, 3.05) is 0 Å². The molecule has 1 fully saturated rings. The zero-order valence-electron chi connectivity index (χ0n) is 17.5. The average molecular weight is 444 g/mol. The van der Waals surface area contributed by atoms with Gasteiger partial charge in [-0.3, -0.25) is 4.79 Å². The maximum absolute atomic E-state index is 13.5. The Morgan fingerprint density at radius 3 is 2.63 bits per heavy atom. The Balaban J connectivity index is 1.73. The van der Waals surface area contributed by atoms with E-state index in [1.54, 1.807) is 6.07 Å². The zero-order valence-corrected chi connectivity index (χ0v) is 19.0. The fourth-order valence-electron chi connectivity index (χ4n) is 4.37. The number of amides is 1. The molecular weight excluding hydrogens is 417 g/mol. The molecule has 0 aliphatic heterocycles. The van der Waals surface area contributed by atoms with E-state index in [-0.39, 0.29) is 11.9 Å². The second-order valence-electron chi connectivity index (χ2n) is 8.15. The van der Waals surface area contributed by atoms with E-state index >= 15 is 0 Å². The van der Waals surface area contributed by atoms with Crippen molar-refractivity contribution in [1.82, 2.24) is 14.5 Å². The Bertz CT molecular complexity index is 1070. The monoisotopic (exact) mass is 443 g/mol. The molecule has 1 aromatic heterocycles. The van der Waals surface area contributed by atoms with Crippen LogP contribution in [0.15, 0.2) is 36.4 Å². The van der Waals surface area contributed by atoms with Crippen molar-refractivity contribution in [3.05, 3.63) is 63.4 Å². The highest BCUT2D eigenvalue weighted by atomic mass is 35.5. The summed E-state index contributed by atoms with van der Waals surface area (Å²) in [6, 6.07) is 11.6. The summed E-state index contributed by atoms with van der Waals surface area (Å²) in [6.45, 7) is 5.43.